The number of hydrogen-bond acceptors (Lipinski definition) is 4. The summed E-state index contributed by atoms with van der Waals surface area (Å²) in [5.74, 6) is -1.79. The van der Waals surface area contributed by atoms with E-state index in [0.717, 1.165) is 11.9 Å². The molecule has 0 aliphatic carbocycles. The van der Waals surface area contributed by atoms with E-state index in [0.29, 0.717) is 0 Å². The standard InChI is InChI=1S/C7H9N3O4/c1-4(11)6-7(13)8-3-9(5(2)12)10(6)14/h6H,3H2,1-2H3/p+1. The Hall–Kier alpha value is -1.79. The van der Waals surface area contributed by atoms with Gasteiger partial charge in [0.15, 0.2) is 6.67 Å². The molecule has 0 saturated carbocycles. The molecular formula is C7H10N3O4+. The van der Waals surface area contributed by atoms with Crippen molar-refractivity contribution < 1.29 is 19.3 Å². The highest BCUT2D eigenvalue weighted by Crippen LogP contribution is 2.04. The van der Waals surface area contributed by atoms with Gasteiger partial charge in [0.1, 0.15) is 4.87 Å². The van der Waals surface area contributed by atoms with Crippen molar-refractivity contribution in [2.24, 2.45) is 0 Å². The maximum absolute atomic E-state index is 11.4. The van der Waals surface area contributed by atoms with Crippen molar-refractivity contribution >= 4 is 17.6 Å². The third kappa shape index (κ3) is 1.61. The molecule has 1 saturated heterocycles. The first-order valence-electron chi connectivity index (χ1n) is 3.97. The van der Waals surface area contributed by atoms with Crippen LogP contribution in [0.4, 0.5) is 0 Å². The molecule has 7 nitrogen and oxygen atoms in total. The topological polar surface area (TPSA) is 86.6 Å². The van der Waals surface area contributed by atoms with Gasteiger partial charge >= 0.3 is 11.9 Å². The van der Waals surface area contributed by atoms with Gasteiger partial charge in [0.05, 0.1) is 4.91 Å². The largest absolute Gasteiger partial charge is 0.368 e. The second-order valence-corrected chi connectivity index (χ2v) is 2.93. The number of hydrogen-bond donors (Lipinski definition) is 1. The number of nitrogens with zero attached hydrogens (tertiary/aromatic N) is 2. The van der Waals surface area contributed by atoms with Gasteiger partial charge in [0.2, 0.25) is 5.78 Å². The van der Waals surface area contributed by atoms with Crippen LogP contribution >= 0.6 is 0 Å². The van der Waals surface area contributed by atoms with E-state index in [9.17, 15) is 19.3 Å². The monoisotopic (exact) mass is 200 g/mol. The second-order valence-electron chi connectivity index (χ2n) is 2.93. The molecule has 0 aromatic carbocycles. The molecule has 1 aliphatic rings. The quantitative estimate of drug-likeness (QED) is 0.415. The Morgan fingerprint density at radius 1 is 1.50 bits per heavy atom. The molecule has 1 rings (SSSR count). The maximum atomic E-state index is 11.4. The van der Waals surface area contributed by atoms with Crippen LogP contribution in [-0.4, -0.2) is 40.2 Å². The lowest BCUT2D eigenvalue weighted by Gasteiger charge is -2.20. The van der Waals surface area contributed by atoms with Crippen molar-refractivity contribution in [3.05, 3.63) is 4.91 Å². The fourth-order valence-electron chi connectivity index (χ4n) is 1.15. The van der Waals surface area contributed by atoms with E-state index in [4.69, 9.17) is 0 Å². The zero-order valence-electron chi connectivity index (χ0n) is 7.81. The van der Waals surface area contributed by atoms with Crippen LogP contribution in [0.1, 0.15) is 13.8 Å². The smallest absolute Gasteiger partial charge is 0.327 e. The molecule has 0 radical (unpaired) electrons. The van der Waals surface area contributed by atoms with Crippen molar-refractivity contribution in [3.8, 4) is 0 Å². The minimum absolute atomic E-state index is 0.115. The van der Waals surface area contributed by atoms with Crippen molar-refractivity contribution in [1.29, 1.82) is 0 Å². The number of nitrogens with one attached hydrogen (secondary N) is 1. The highest BCUT2D eigenvalue weighted by molar-refractivity contribution is 6.03. The van der Waals surface area contributed by atoms with Crippen LogP contribution in [0.15, 0.2) is 0 Å². The molecular weight excluding hydrogens is 190 g/mol. The molecule has 1 unspecified atom stereocenters. The molecule has 2 amide bonds. The second kappa shape index (κ2) is 3.52. The minimum atomic E-state index is -1.45. The Labute approximate surface area is 79.6 Å². The van der Waals surface area contributed by atoms with Crippen LogP contribution in [-0.2, 0) is 14.4 Å². The van der Waals surface area contributed by atoms with E-state index in [1.165, 1.54) is 6.92 Å². The van der Waals surface area contributed by atoms with Gasteiger partial charge in [-0.1, -0.05) is 5.01 Å². The van der Waals surface area contributed by atoms with E-state index < -0.39 is 23.6 Å². The predicted octanol–water partition coefficient (Wildman–Crippen LogP) is -1.43. The first-order valence-corrected chi connectivity index (χ1v) is 3.97. The van der Waals surface area contributed by atoms with Gasteiger partial charge in [-0.15, -0.1) is 0 Å². The summed E-state index contributed by atoms with van der Waals surface area (Å²) in [6.45, 7) is 2.11. The lowest BCUT2D eigenvalue weighted by Crippen LogP contribution is -2.61. The van der Waals surface area contributed by atoms with Crippen LogP contribution < -0.4 is 5.32 Å². The maximum Gasteiger partial charge on any atom is 0.368 e. The van der Waals surface area contributed by atoms with Crippen molar-refractivity contribution in [2.45, 2.75) is 19.9 Å². The van der Waals surface area contributed by atoms with E-state index in [1.807, 2.05) is 0 Å². The van der Waals surface area contributed by atoms with Crippen LogP contribution in [0.25, 0.3) is 0 Å². The van der Waals surface area contributed by atoms with Crippen LogP contribution in [0.3, 0.4) is 0 Å². The molecule has 0 spiro atoms. The Kier molecular flexibility index (Phi) is 2.59. The van der Waals surface area contributed by atoms with E-state index in [2.05, 4.69) is 5.32 Å². The predicted molar refractivity (Wildman–Crippen MR) is 43.6 cm³/mol. The van der Waals surface area contributed by atoms with Gasteiger partial charge in [-0.05, 0) is 0 Å². The van der Waals surface area contributed by atoms with Gasteiger partial charge in [-0.3, -0.25) is 14.4 Å². The van der Waals surface area contributed by atoms with Gasteiger partial charge in [-0.2, -0.15) is 0 Å². The minimum Gasteiger partial charge on any atom is -0.327 e. The van der Waals surface area contributed by atoms with Gasteiger partial charge in [-0.25, -0.2) is 0 Å². The summed E-state index contributed by atoms with van der Waals surface area (Å²) in [4.78, 5) is 44.4. The van der Waals surface area contributed by atoms with Gasteiger partial charge in [0.25, 0.3) is 5.91 Å². The van der Waals surface area contributed by atoms with Gasteiger partial charge in [0, 0.05) is 13.8 Å². The average Bonchev–Trinajstić information content (AvgIpc) is 2.02. The van der Waals surface area contributed by atoms with E-state index in [-0.39, 0.29) is 11.5 Å². The van der Waals surface area contributed by atoms with Crippen molar-refractivity contribution in [2.75, 3.05) is 6.67 Å². The SMILES string of the molecule is CC(=O)C1C(=O)NCN(C(C)=O)[N+]1=O. The molecule has 0 aromatic heterocycles. The molecule has 1 fully saturated rings. The number of carbonyl (C=O) groups is 3. The normalized spacial score (nSPS) is 21.9. The number of Topliss-reactive ketones (excluding diaryl/α,β-unsaturated/α-hetero) is 1. The molecule has 1 atom stereocenters. The summed E-state index contributed by atoms with van der Waals surface area (Å²) < 4.78 is 0. The third-order valence-corrected chi connectivity index (χ3v) is 1.86. The summed E-state index contributed by atoms with van der Waals surface area (Å²) in [5.41, 5.74) is 0. The zero-order chi connectivity index (χ0) is 10.9. The number of amides is 2. The van der Waals surface area contributed by atoms with Crippen LogP contribution in [0, 0.1) is 4.91 Å². The Bertz CT molecular complexity index is 325. The van der Waals surface area contributed by atoms with Crippen molar-refractivity contribution in [1.82, 2.24) is 10.3 Å². The Morgan fingerprint density at radius 2 is 2.07 bits per heavy atom. The van der Waals surface area contributed by atoms with E-state index in [1.54, 1.807) is 0 Å². The molecule has 76 valence electrons. The number of nitroso groups, excluding NO2 is 1. The number of hydrazine groups is 1. The average molecular weight is 200 g/mol. The zero-order valence-corrected chi connectivity index (χ0v) is 7.81. The molecule has 0 bridgehead atoms. The summed E-state index contributed by atoms with van der Waals surface area (Å²) in [7, 11) is 0. The third-order valence-electron chi connectivity index (χ3n) is 1.86. The number of rotatable bonds is 1. The molecule has 7 heteroatoms. The Morgan fingerprint density at radius 3 is 2.50 bits per heavy atom. The van der Waals surface area contributed by atoms with Crippen LogP contribution in [0.2, 0.25) is 0 Å². The highest BCUT2D eigenvalue weighted by atomic mass is 16.3. The van der Waals surface area contributed by atoms with Crippen LogP contribution in [0.5, 0.6) is 0 Å². The fraction of sp³-hybridized carbons (Fsp3) is 0.571. The lowest BCUT2D eigenvalue weighted by molar-refractivity contribution is -0.702. The summed E-state index contributed by atoms with van der Waals surface area (Å²) >= 11 is 0. The lowest BCUT2D eigenvalue weighted by atomic mass is 10.2. The number of carbonyl (C=O) groups excluding carboxylic acids is 3. The summed E-state index contributed by atoms with van der Waals surface area (Å²) in [5, 5.41) is 3.04. The molecule has 14 heavy (non-hydrogen) atoms. The highest BCUT2D eigenvalue weighted by Gasteiger charge is 2.48. The van der Waals surface area contributed by atoms with Crippen molar-refractivity contribution in [3.63, 3.8) is 0 Å². The summed E-state index contributed by atoms with van der Waals surface area (Å²) in [6.07, 6.45) is 0. The summed E-state index contributed by atoms with van der Waals surface area (Å²) in [6, 6.07) is -1.45. The first-order chi connectivity index (χ1) is 6.45. The first kappa shape index (κ1) is 10.3. The van der Waals surface area contributed by atoms with Gasteiger partial charge < -0.3 is 5.32 Å². The molecule has 1 aliphatic heterocycles. The number of ketones is 1. The molecule has 1 N–H and O–H groups in total. The molecule has 1 heterocycles. The Balaban J connectivity index is 2.94. The van der Waals surface area contributed by atoms with E-state index >= 15 is 0 Å². The fourth-order valence-corrected chi connectivity index (χ4v) is 1.15. The molecule has 0 aromatic rings.